The number of hydrogen-bond acceptors (Lipinski definition) is 3. The zero-order chi connectivity index (χ0) is 15.1. The fraction of sp³-hybridized carbons (Fsp3) is 0.294. The third kappa shape index (κ3) is 5.36. The van der Waals surface area contributed by atoms with Crippen LogP contribution in [0.5, 0.6) is 0 Å². The fourth-order valence-electron chi connectivity index (χ4n) is 2.12. The molecule has 0 bridgehead atoms. The first kappa shape index (κ1) is 15.2. The predicted molar refractivity (Wildman–Crippen MR) is 85.2 cm³/mol. The maximum absolute atomic E-state index is 12.0. The minimum absolute atomic E-state index is 0.0119. The number of carbonyl (C=O) groups excluding carboxylic acids is 1. The molecule has 4 nitrogen and oxygen atoms in total. The number of pyridine rings is 1. The molecule has 0 radical (unpaired) electrons. The number of carbonyl (C=O) groups is 1. The van der Waals surface area contributed by atoms with E-state index in [1.165, 1.54) is 5.56 Å². The molecule has 0 aliphatic rings. The van der Waals surface area contributed by atoms with Crippen molar-refractivity contribution in [3.8, 4) is 0 Å². The van der Waals surface area contributed by atoms with Crippen molar-refractivity contribution in [1.29, 1.82) is 0 Å². The Morgan fingerprint density at radius 1 is 1.24 bits per heavy atom. The minimum Gasteiger partial charge on any atom is -0.325 e. The van der Waals surface area contributed by atoms with E-state index in [0.29, 0.717) is 6.54 Å². The van der Waals surface area contributed by atoms with Crippen LogP contribution in [0, 0.1) is 6.92 Å². The zero-order valence-corrected chi connectivity index (χ0v) is 12.5. The molecule has 0 fully saturated rings. The van der Waals surface area contributed by atoms with Gasteiger partial charge in [0.05, 0.1) is 6.54 Å². The molecular formula is C17H21N3O. The molecule has 0 saturated heterocycles. The van der Waals surface area contributed by atoms with Crippen LogP contribution in [0.3, 0.4) is 0 Å². The topological polar surface area (TPSA) is 45.2 Å². The summed E-state index contributed by atoms with van der Waals surface area (Å²) < 4.78 is 0. The van der Waals surface area contributed by atoms with E-state index in [2.05, 4.69) is 10.3 Å². The van der Waals surface area contributed by atoms with Crippen LogP contribution >= 0.6 is 0 Å². The molecule has 1 N–H and O–H groups in total. The Morgan fingerprint density at radius 3 is 2.71 bits per heavy atom. The van der Waals surface area contributed by atoms with Gasteiger partial charge in [-0.1, -0.05) is 12.1 Å². The molecule has 0 saturated carbocycles. The van der Waals surface area contributed by atoms with Crippen molar-refractivity contribution in [1.82, 2.24) is 9.88 Å². The number of nitrogens with zero attached hydrogens (tertiary/aromatic N) is 2. The van der Waals surface area contributed by atoms with Gasteiger partial charge in [0.1, 0.15) is 0 Å². The van der Waals surface area contributed by atoms with Gasteiger partial charge in [0.15, 0.2) is 0 Å². The van der Waals surface area contributed by atoms with Gasteiger partial charge in [-0.3, -0.25) is 14.7 Å². The Kier molecular flexibility index (Phi) is 5.46. The first-order valence-corrected chi connectivity index (χ1v) is 7.07. The molecule has 2 aromatic rings. The van der Waals surface area contributed by atoms with Crippen LogP contribution in [0.15, 0.2) is 48.8 Å². The van der Waals surface area contributed by atoms with Crippen LogP contribution < -0.4 is 5.32 Å². The van der Waals surface area contributed by atoms with Crippen LogP contribution in [-0.4, -0.2) is 35.9 Å². The highest BCUT2D eigenvalue weighted by molar-refractivity contribution is 5.92. The molecule has 0 aliphatic carbocycles. The highest BCUT2D eigenvalue weighted by atomic mass is 16.2. The average molecular weight is 283 g/mol. The van der Waals surface area contributed by atoms with E-state index in [1.807, 2.05) is 55.3 Å². The van der Waals surface area contributed by atoms with Gasteiger partial charge in [-0.25, -0.2) is 0 Å². The van der Waals surface area contributed by atoms with E-state index in [9.17, 15) is 4.79 Å². The van der Waals surface area contributed by atoms with Gasteiger partial charge in [0.25, 0.3) is 0 Å². The third-order valence-electron chi connectivity index (χ3n) is 3.25. The number of nitrogens with one attached hydrogen (secondary N) is 1. The second-order valence-electron chi connectivity index (χ2n) is 5.26. The largest absolute Gasteiger partial charge is 0.325 e. The summed E-state index contributed by atoms with van der Waals surface area (Å²) in [5.41, 5.74) is 3.22. The van der Waals surface area contributed by atoms with Crippen molar-refractivity contribution in [2.24, 2.45) is 0 Å². The van der Waals surface area contributed by atoms with Crippen LogP contribution in [0.4, 0.5) is 5.69 Å². The van der Waals surface area contributed by atoms with Crippen molar-refractivity contribution < 1.29 is 4.79 Å². The summed E-state index contributed by atoms with van der Waals surface area (Å²) in [4.78, 5) is 18.0. The summed E-state index contributed by atoms with van der Waals surface area (Å²) in [6.45, 7) is 3.24. The van der Waals surface area contributed by atoms with Gasteiger partial charge in [0.2, 0.25) is 5.91 Å². The highest BCUT2D eigenvalue weighted by Gasteiger charge is 2.07. The Hall–Kier alpha value is -2.20. The zero-order valence-electron chi connectivity index (χ0n) is 12.5. The first-order valence-electron chi connectivity index (χ1n) is 7.07. The lowest BCUT2D eigenvalue weighted by Gasteiger charge is -2.16. The monoisotopic (exact) mass is 283 g/mol. The summed E-state index contributed by atoms with van der Waals surface area (Å²) in [6.07, 6.45) is 4.50. The number of hydrogen-bond donors (Lipinski definition) is 1. The molecule has 21 heavy (non-hydrogen) atoms. The van der Waals surface area contributed by atoms with E-state index in [1.54, 1.807) is 12.4 Å². The lowest BCUT2D eigenvalue weighted by atomic mass is 10.2. The standard InChI is InChI=1S/C17H21N3O/c1-14-4-3-5-16(12-14)19-17(21)13-20(2)11-8-15-6-9-18-10-7-15/h3-7,9-10,12H,8,11,13H2,1-2H3,(H,19,21). The third-order valence-corrected chi connectivity index (χ3v) is 3.25. The Bertz CT molecular complexity index is 584. The van der Waals surface area contributed by atoms with E-state index in [-0.39, 0.29) is 5.91 Å². The molecule has 1 amide bonds. The first-order chi connectivity index (χ1) is 10.1. The number of anilines is 1. The van der Waals surface area contributed by atoms with E-state index in [0.717, 1.165) is 24.2 Å². The Balaban J connectivity index is 1.77. The molecule has 110 valence electrons. The minimum atomic E-state index is 0.0119. The molecule has 0 spiro atoms. The number of likely N-dealkylation sites (N-methyl/N-ethyl adjacent to an activating group) is 1. The molecule has 1 heterocycles. The van der Waals surface area contributed by atoms with Crippen molar-refractivity contribution >= 4 is 11.6 Å². The summed E-state index contributed by atoms with van der Waals surface area (Å²) in [6, 6.07) is 11.8. The molecule has 0 atom stereocenters. The fourth-order valence-corrected chi connectivity index (χ4v) is 2.12. The number of aromatic nitrogens is 1. The van der Waals surface area contributed by atoms with Crippen molar-refractivity contribution in [2.45, 2.75) is 13.3 Å². The SMILES string of the molecule is Cc1cccc(NC(=O)CN(C)CCc2ccncc2)c1. The van der Waals surface area contributed by atoms with Crippen LogP contribution in [0.25, 0.3) is 0 Å². The van der Waals surface area contributed by atoms with Gasteiger partial charge in [-0.2, -0.15) is 0 Å². The molecule has 2 rings (SSSR count). The van der Waals surface area contributed by atoms with Crippen molar-refractivity contribution in [3.63, 3.8) is 0 Å². The van der Waals surface area contributed by atoms with Crippen molar-refractivity contribution in [3.05, 3.63) is 59.9 Å². The number of benzene rings is 1. The Labute approximate surface area is 125 Å². The van der Waals surface area contributed by atoms with Crippen LogP contribution in [0.1, 0.15) is 11.1 Å². The van der Waals surface area contributed by atoms with E-state index in [4.69, 9.17) is 0 Å². The molecule has 0 unspecified atom stereocenters. The second-order valence-corrected chi connectivity index (χ2v) is 5.26. The van der Waals surface area contributed by atoms with Gasteiger partial charge in [-0.15, -0.1) is 0 Å². The van der Waals surface area contributed by atoms with Crippen molar-refractivity contribution in [2.75, 3.05) is 25.5 Å². The lowest BCUT2D eigenvalue weighted by molar-refractivity contribution is -0.117. The van der Waals surface area contributed by atoms with Gasteiger partial charge < -0.3 is 5.32 Å². The normalized spacial score (nSPS) is 10.6. The molecule has 1 aromatic carbocycles. The second kappa shape index (κ2) is 7.55. The van der Waals surface area contributed by atoms with Gasteiger partial charge in [0, 0.05) is 24.6 Å². The Morgan fingerprint density at radius 2 is 2.00 bits per heavy atom. The van der Waals surface area contributed by atoms with Crippen LogP contribution in [0.2, 0.25) is 0 Å². The van der Waals surface area contributed by atoms with E-state index >= 15 is 0 Å². The molecule has 1 aromatic heterocycles. The summed E-state index contributed by atoms with van der Waals surface area (Å²) in [7, 11) is 1.96. The summed E-state index contributed by atoms with van der Waals surface area (Å²) in [5, 5.41) is 2.92. The lowest BCUT2D eigenvalue weighted by Crippen LogP contribution is -2.31. The van der Waals surface area contributed by atoms with Crippen LogP contribution in [-0.2, 0) is 11.2 Å². The molecule has 0 aliphatic heterocycles. The number of rotatable bonds is 6. The van der Waals surface area contributed by atoms with Gasteiger partial charge >= 0.3 is 0 Å². The predicted octanol–water partition coefficient (Wildman–Crippen LogP) is 2.50. The maximum Gasteiger partial charge on any atom is 0.238 e. The summed E-state index contributed by atoms with van der Waals surface area (Å²) >= 11 is 0. The maximum atomic E-state index is 12.0. The molecule has 4 heteroatoms. The smallest absolute Gasteiger partial charge is 0.238 e. The summed E-state index contributed by atoms with van der Waals surface area (Å²) in [5.74, 6) is 0.0119. The van der Waals surface area contributed by atoms with E-state index < -0.39 is 0 Å². The highest BCUT2D eigenvalue weighted by Crippen LogP contribution is 2.09. The number of amides is 1. The average Bonchev–Trinajstić information content (AvgIpc) is 2.46. The quantitative estimate of drug-likeness (QED) is 0.886. The number of aryl methyl sites for hydroxylation is 1. The molecular weight excluding hydrogens is 262 g/mol. The van der Waals surface area contributed by atoms with Gasteiger partial charge in [-0.05, 0) is 55.8 Å².